The third-order valence-corrected chi connectivity index (χ3v) is 3.55. The second kappa shape index (κ2) is 13.4. The zero-order chi connectivity index (χ0) is 21.7. The van der Waals surface area contributed by atoms with Gasteiger partial charge in [0.1, 0.15) is 11.5 Å². The van der Waals surface area contributed by atoms with Gasteiger partial charge in [0.05, 0.1) is 0 Å². The van der Waals surface area contributed by atoms with Crippen molar-refractivity contribution in [3.05, 3.63) is 23.7 Å². The van der Waals surface area contributed by atoms with Crippen LogP contribution >= 0.6 is 0 Å². The number of hydrogen-bond acceptors (Lipinski definition) is 4. The number of ketones is 2. The van der Waals surface area contributed by atoms with Crippen molar-refractivity contribution in [1.82, 2.24) is 0 Å². The molecule has 0 saturated carbocycles. The Morgan fingerprint density at radius 2 is 0.690 bits per heavy atom. The summed E-state index contributed by atoms with van der Waals surface area (Å²) in [5.41, 5.74) is -1.53. The maximum atomic E-state index is 11.5. The maximum Gasteiger partial charge on any atom is 0.164 e. The number of carbonyl (C=O) groups excluding carboxylic acids is 2. The molecule has 174 valence electrons. The summed E-state index contributed by atoms with van der Waals surface area (Å²) in [7, 11) is 0. The minimum Gasteiger partial charge on any atom is -0.512 e. The number of hydrogen-bond donors (Lipinski definition) is 2. The minimum atomic E-state index is -0.417. The average Bonchev–Trinajstić information content (AvgIpc) is 2.34. The van der Waals surface area contributed by atoms with Crippen molar-refractivity contribution in [2.24, 2.45) is 21.7 Å². The molecule has 0 aromatic rings. The van der Waals surface area contributed by atoms with E-state index in [1.807, 2.05) is 83.1 Å². The number of aliphatic hydroxyl groups excluding tert-OH is 2. The molecule has 0 aliphatic carbocycles. The Morgan fingerprint density at radius 1 is 0.517 bits per heavy atom. The number of allylic oxidation sites excluding steroid dienone is 4. The number of rotatable bonds is 2. The zero-order valence-electron chi connectivity index (χ0n) is 20.3. The molecule has 0 unspecified atom stereocenters. The summed E-state index contributed by atoms with van der Waals surface area (Å²) in [5, 5.41) is 19.1. The first-order chi connectivity index (χ1) is 11.1. The second-order valence-electron chi connectivity index (χ2n) is 10.8. The predicted molar refractivity (Wildman–Crippen MR) is 116 cm³/mol. The van der Waals surface area contributed by atoms with Gasteiger partial charge in [-0.2, -0.15) is 0 Å². The molecule has 0 atom stereocenters. The van der Waals surface area contributed by atoms with Crippen LogP contribution in [0.25, 0.3) is 0 Å². The molecule has 0 rings (SSSR count). The average molecular weight is 501 g/mol. The molecule has 0 radical (unpaired) electrons. The van der Waals surface area contributed by atoms with E-state index in [9.17, 15) is 19.8 Å². The quantitative estimate of drug-likeness (QED) is 0.327. The molecule has 0 aliphatic rings. The van der Waals surface area contributed by atoms with Gasteiger partial charge in [0.25, 0.3) is 0 Å². The Balaban J connectivity index is -0.000000120. The van der Waals surface area contributed by atoms with Gasteiger partial charge in [-0.15, -0.1) is 0 Å². The van der Waals surface area contributed by atoms with Gasteiger partial charge in [-0.05, 0) is 0 Å². The van der Waals surface area contributed by atoms with Crippen molar-refractivity contribution in [2.45, 2.75) is 83.1 Å². The third-order valence-electron chi connectivity index (χ3n) is 3.55. The van der Waals surface area contributed by atoms with E-state index < -0.39 is 10.8 Å². The SMILES string of the molecule is CC(C)(C)C(=O)/C=C(\O)C(C)(C)C.CC(C)(C)C(=O)/C=C(\O)C(C)(C)C.O.O.[Mo]. The first-order valence-corrected chi connectivity index (χ1v) is 9.01. The van der Waals surface area contributed by atoms with E-state index >= 15 is 0 Å². The molecule has 6 nitrogen and oxygen atoms in total. The molecule has 29 heavy (non-hydrogen) atoms. The Kier molecular flexibility index (Phi) is 17.8. The van der Waals surface area contributed by atoms with Crippen LogP contribution in [0.1, 0.15) is 83.1 Å². The van der Waals surface area contributed by atoms with Gasteiger partial charge in [0.15, 0.2) is 11.6 Å². The fraction of sp³-hybridized carbons (Fsp3) is 0.727. The van der Waals surface area contributed by atoms with Crippen LogP contribution in [0.4, 0.5) is 0 Å². The number of carbonyl (C=O) groups is 2. The summed E-state index contributed by atoms with van der Waals surface area (Å²) in [4.78, 5) is 23.0. The smallest absolute Gasteiger partial charge is 0.164 e. The second-order valence-corrected chi connectivity index (χ2v) is 10.8. The maximum absolute atomic E-state index is 11.5. The first kappa shape index (κ1) is 38.6. The molecule has 0 aromatic carbocycles. The van der Waals surface area contributed by atoms with Crippen molar-refractivity contribution in [1.29, 1.82) is 0 Å². The van der Waals surface area contributed by atoms with Crippen LogP contribution in [0.5, 0.6) is 0 Å². The van der Waals surface area contributed by atoms with Gasteiger partial charge in [0, 0.05) is 54.9 Å². The van der Waals surface area contributed by atoms with Crippen molar-refractivity contribution < 1.29 is 51.8 Å². The van der Waals surface area contributed by atoms with E-state index in [0.717, 1.165) is 0 Å². The molecule has 0 heterocycles. The monoisotopic (exact) mass is 502 g/mol. The van der Waals surface area contributed by atoms with Crippen molar-refractivity contribution in [2.75, 3.05) is 0 Å². The van der Waals surface area contributed by atoms with Crippen LogP contribution in [0.2, 0.25) is 0 Å². The molecule has 6 N–H and O–H groups in total. The normalized spacial score (nSPS) is 13.0. The predicted octanol–water partition coefficient (Wildman–Crippen LogP) is 4.53. The van der Waals surface area contributed by atoms with Crippen molar-refractivity contribution >= 4 is 11.6 Å². The van der Waals surface area contributed by atoms with E-state index in [-0.39, 0.29) is 65.9 Å². The molecule has 0 fully saturated rings. The summed E-state index contributed by atoms with van der Waals surface area (Å²) in [6.45, 7) is 22.2. The third kappa shape index (κ3) is 17.6. The Morgan fingerprint density at radius 3 is 0.793 bits per heavy atom. The fourth-order valence-corrected chi connectivity index (χ4v) is 1.11. The van der Waals surface area contributed by atoms with E-state index in [1.54, 1.807) is 0 Å². The molecular formula is C22H44MoO6. The summed E-state index contributed by atoms with van der Waals surface area (Å²) in [6.07, 6.45) is 2.67. The topological polar surface area (TPSA) is 138 Å². The standard InChI is InChI=1S/2C11H20O2.Mo.2H2O/c2*1-10(2,3)8(12)7-9(13)11(4,5)6;;;/h2*7,12H,1-6H3;;2*1H2/b2*8-7-;;;. The molecule has 0 bridgehead atoms. The van der Waals surface area contributed by atoms with Gasteiger partial charge >= 0.3 is 0 Å². The van der Waals surface area contributed by atoms with E-state index in [0.29, 0.717) is 0 Å². The Hall–Kier alpha value is -0.972. The van der Waals surface area contributed by atoms with Gasteiger partial charge in [-0.3, -0.25) is 9.59 Å². The van der Waals surface area contributed by atoms with Crippen LogP contribution in [-0.2, 0) is 30.7 Å². The van der Waals surface area contributed by atoms with E-state index in [1.165, 1.54) is 12.2 Å². The fourth-order valence-electron chi connectivity index (χ4n) is 1.11. The van der Waals surface area contributed by atoms with Crippen molar-refractivity contribution in [3.63, 3.8) is 0 Å². The van der Waals surface area contributed by atoms with Crippen LogP contribution < -0.4 is 0 Å². The molecule has 0 saturated heterocycles. The van der Waals surface area contributed by atoms with Crippen LogP contribution in [-0.4, -0.2) is 32.7 Å². The largest absolute Gasteiger partial charge is 0.512 e. The first-order valence-electron chi connectivity index (χ1n) is 9.01. The van der Waals surface area contributed by atoms with Gasteiger partial charge in [-0.1, -0.05) is 83.1 Å². The number of aliphatic hydroxyl groups is 2. The molecule has 0 aromatic heterocycles. The Bertz CT molecular complexity index is 510. The van der Waals surface area contributed by atoms with Crippen molar-refractivity contribution in [3.8, 4) is 0 Å². The van der Waals surface area contributed by atoms with Gasteiger partial charge in [-0.25, -0.2) is 0 Å². The zero-order valence-corrected chi connectivity index (χ0v) is 22.3. The van der Waals surface area contributed by atoms with Gasteiger partial charge < -0.3 is 21.2 Å². The molecule has 0 amide bonds. The van der Waals surface area contributed by atoms with Crippen LogP contribution in [0.15, 0.2) is 23.7 Å². The van der Waals surface area contributed by atoms with Crippen LogP contribution in [0.3, 0.4) is 0 Å². The summed E-state index contributed by atoms with van der Waals surface area (Å²) >= 11 is 0. The van der Waals surface area contributed by atoms with Crippen LogP contribution in [0, 0.1) is 21.7 Å². The molecular weight excluding hydrogens is 456 g/mol. The van der Waals surface area contributed by atoms with E-state index in [2.05, 4.69) is 0 Å². The molecule has 7 heteroatoms. The molecule has 0 aliphatic heterocycles. The minimum absolute atomic E-state index is 0. The molecule has 0 spiro atoms. The summed E-state index contributed by atoms with van der Waals surface area (Å²) in [6, 6.07) is 0. The summed E-state index contributed by atoms with van der Waals surface area (Å²) in [5.74, 6) is 0.208. The Labute approximate surface area is 191 Å². The van der Waals surface area contributed by atoms with E-state index in [4.69, 9.17) is 0 Å². The summed E-state index contributed by atoms with van der Waals surface area (Å²) < 4.78 is 0. The van der Waals surface area contributed by atoms with Gasteiger partial charge in [0.2, 0.25) is 0 Å².